The molecule has 2 N–H and O–H groups in total. The lowest BCUT2D eigenvalue weighted by atomic mass is 10.2. The van der Waals surface area contributed by atoms with Crippen LogP contribution in [0.3, 0.4) is 0 Å². The number of carbonyl (C=O) groups is 1. The summed E-state index contributed by atoms with van der Waals surface area (Å²) >= 11 is 1.32. The highest BCUT2D eigenvalue weighted by atomic mass is 32.1. The molecule has 4 aromatic rings. The summed E-state index contributed by atoms with van der Waals surface area (Å²) < 4.78 is 40.8. The van der Waals surface area contributed by atoms with Crippen molar-refractivity contribution in [1.82, 2.24) is 19.7 Å². The normalized spacial score (nSPS) is 11.6. The van der Waals surface area contributed by atoms with Crippen molar-refractivity contribution in [2.75, 3.05) is 12.4 Å². The molecule has 0 saturated heterocycles. The van der Waals surface area contributed by atoms with Crippen LogP contribution in [0, 0.1) is 6.92 Å². The van der Waals surface area contributed by atoms with E-state index in [9.17, 15) is 18.0 Å². The van der Waals surface area contributed by atoms with Crippen molar-refractivity contribution in [3.05, 3.63) is 64.8 Å². The number of carbonyl (C=O) groups excluding carboxylic acids is 1. The average molecular weight is 431 g/mol. The number of pyridine rings is 1. The van der Waals surface area contributed by atoms with E-state index in [1.165, 1.54) is 21.8 Å². The number of aryl methyl sites for hydroxylation is 1. The number of imidazole rings is 1. The van der Waals surface area contributed by atoms with Crippen LogP contribution < -0.4 is 10.6 Å². The molecule has 0 atom stereocenters. The molecule has 0 aliphatic rings. The van der Waals surface area contributed by atoms with Crippen LogP contribution in [0.25, 0.3) is 17.0 Å². The topological polar surface area (TPSA) is 71.3 Å². The number of halogens is 3. The first-order valence-electron chi connectivity index (χ1n) is 8.87. The number of anilines is 2. The molecule has 0 bridgehead atoms. The number of alkyl halides is 3. The molecule has 4 rings (SSSR count). The van der Waals surface area contributed by atoms with E-state index in [2.05, 4.69) is 20.6 Å². The molecule has 3 heterocycles. The van der Waals surface area contributed by atoms with Gasteiger partial charge in [-0.3, -0.25) is 9.20 Å². The third-order valence-corrected chi connectivity index (χ3v) is 5.25. The molecule has 0 spiro atoms. The lowest BCUT2D eigenvalue weighted by molar-refractivity contribution is -0.137. The highest BCUT2D eigenvalue weighted by Crippen LogP contribution is 2.33. The van der Waals surface area contributed by atoms with Gasteiger partial charge in [0, 0.05) is 29.9 Å². The van der Waals surface area contributed by atoms with Gasteiger partial charge in [0.15, 0.2) is 5.13 Å². The molecule has 1 aromatic carbocycles. The Kier molecular flexibility index (Phi) is 4.94. The van der Waals surface area contributed by atoms with Gasteiger partial charge in [0.05, 0.1) is 17.0 Å². The van der Waals surface area contributed by atoms with Crippen LogP contribution in [0.15, 0.2) is 48.0 Å². The SMILES string of the molecule is CNC(=O)c1ccc(Nc2nc(-c3c(C)nc4ccc(C(F)(F)F)cn34)cs2)cc1. The van der Waals surface area contributed by atoms with Crippen molar-refractivity contribution in [2.45, 2.75) is 13.1 Å². The molecule has 10 heteroatoms. The molecule has 154 valence electrons. The first-order chi connectivity index (χ1) is 14.3. The molecule has 0 radical (unpaired) electrons. The van der Waals surface area contributed by atoms with E-state index < -0.39 is 11.7 Å². The van der Waals surface area contributed by atoms with Crippen LogP contribution in [0.2, 0.25) is 0 Å². The van der Waals surface area contributed by atoms with Crippen molar-refractivity contribution in [1.29, 1.82) is 0 Å². The fourth-order valence-corrected chi connectivity index (χ4v) is 3.77. The molecule has 6 nitrogen and oxygen atoms in total. The van der Waals surface area contributed by atoms with Gasteiger partial charge in [-0.1, -0.05) is 0 Å². The van der Waals surface area contributed by atoms with Crippen LogP contribution in [0.5, 0.6) is 0 Å². The molecule has 1 amide bonds. The maximum absolute atomic E-state index is 13.1. The minimum absolute atomic E-state index is 0.181. The number of thiazole rings is 1. The summed E-state index contributed by atoms with van der Waals surface area (Å²) in [5, 5.41) is 8.02. The summed E-state index contributed by atoms with van der Waals surface area (Å²) in [6.45, 7) is 1.74. The van der Waals surface area contributed by atoms with Gasteiger partial charge >= 0.3 is 6.18 Å². The lowest BCUT2D eigenvalue weighted by Crippen LogP contribution is -2.17. The van der Waals surface area contributed by atoms with E-state index in [4.69, 9.17) is 0 Å². The molecule has 0 saturated carbocycles. The number of nitrogens with one attached hydrogen (secondary N) is 2. The number of rotatable bonds is 4. The van der Waals surface area contributed by atoms with Gasteiger partial charge in [0.1, 0.15) is 11.3 Å². The van der Waals surface area contributed by atoms with Gasteiger partial charge in [-0.15, -0.1) is 11.3 Å². The molecular formula is C20H16F3N5OS. The number of fused-ring (bicyclic) bond motifs is 1. The fraction of sp³-hybridized carbons (Fsp3) is 0.150. The minimum atomic E-state index is -4.45. The maximum Gasteiger partial charge on any atom is 0.417 e. The first-order valence-corrected chi connectivity index (χ1v) is 9.75. The number of aromatic nitrogens is 3. The molecule has 30 heavy (non-hydrogen) atoms. The second kappa shape index (κ2) is 7.45. The molecule has 0 unspecified atom stereocenters. The minimum Gasteiger partial charge on any atom is -0.355 e. The second-order valence-corrected chi connectivity index (χ2v) is 7.37. The van der Waals surface area contributed by atoms with Gasteiger partial charge in [-0.25, -0.2) is 9.97 Å². The van der Waals surface area contributed by atoms with Crippen LogP contribution in [0.4, 0.5) is 24.0 Å². The third-order valence-electron chi connectivity index (χ3n) is 4.49. The zero-order valence-electron chi connectivity index (χ0n) is 15.9. The van der Waals surface area contributed by atoms with E-state index in [1.54, 1.807) is 43.6 Å². The number of nitrogens with zero attached hydrogens (tertiary/aromatic N) is 3. The van der Waals surface area contributed by atoms with E-state index in [0.29, 0.717) is 33.4 Å². The Hall–Kier alpha value is -3.40. The summed E-state index contributed by atoms with van der Waals surface area (Å²) in [5.41, 5.74) is 2.55. The molecule has 0 aliphatic heterocycles. The number of hydrogen-bond donors (Lipinski definition) is 2. The summed E-state index contributed by atoms with van der Waals surface area (Å²) in [4.78, 5) is 20.5. The van der Waals surface area contributed by atoms with Crippen LogP contribution in [-0.2, 0) is 6.18 Å². The first kappa shape index (κ1) is 19.9. The quantitative estimate of drug-likeness (QED) is 0.483. The van der Waals surface area contributed by atoms with E-state index in [1.807, 2.05) is 0 Å². The summed E-state index contributed by atoms with van der Waals surface area (Å²) in [6, 6.07) is 9.23. The Morgan fingerprint density at radius 3 is 2.50 bits per heavy atom. The van der Waals surface area contributed by atoms with Gasteiger partial charge < -0.3 is 10.6 Å². The smallest absolute Gasteiger partial charge is 0.355 e. The van der Waals surface area contributed by atoms with Crippen molar-refractivity contribution in [3.8, 4) is 11.4 Å². The second-order valence-electron chi connectivity index (χ2n) is 6.51. The molecule has 0 fully saturated rings. The molecule has 3 aromatic heterocycles. The average Bonchev–Trinajstić information content (AvgIpc) is 3.29. The van der Waals surface area contributed by atoms with Crippen LogP contribution >= 0.6 is 11.3 Å². The van der Waals surface area contributed by atoms with E-state index >= 15 is 0 Å². The Morgan fingerprint density at radius 1 is 1.10 bits per heavy atom. The van der Waals surface area contributed by atoms with Crippen molar-refractivity contribution < 1.29 is 18.0 Å². The highest BCUT2D eigenvalue weighted by Gasteiger charge is 2.31. The Labute approximate surface area is 173 Å². The number of amides is 1. The van der Waals surface area contributed by atoms with Crippen molar-refractivity contribution >= 4 is 33.7 Å². The van der Waals surface area contributed by atoms with Crippen LogP contribution in [-0.4, -0.2) is 27.3 Å². The number of hydrogen-bond acceptors (Lipinski definition) is 5. The highest BCUT2D eigenvalue weighted by molar-refractivity contribution is 7.14. The Bertz CT molecular complexity index is 1230. The summed E-state index contributed by atoms with van der Waals surface area (Å²) in [5.74, 6) is -0.181. The Balaban J connectivity index is 1.64. The maximum atomic E-state index is 13.1. The largest absolute Gasteiger partial charge is 0.417 e. The zero-order valence-corrected chi connectivity index (χ0v) is 16.7. The van der Waals surface area contributed by atoms with E-state index in [-0.39, 0.29) is 5.91 Å². The molecular weight excluding hydrogens is 415 g/mol. The lowest BCUT2D eigenvalue weighted by Gasteiger charge is -2.08. The zero-order chi connectivity index (χ0) is 21.5. The fourth-order valence-electron chi connectivity index (χ4n) is 3.05. The predicted octanol–water partition coefficient (Wildman–Crippen LogP) is 4.89. The monoisotopic (exact) mass is 431 g/mol. The van der Waals surface area contributed by atoms with Gasteiger partial charge in [0.2, 0.25) is 0 Å². The molecule has 0 aliphatic carbocycles. The van der Waals surface area contributed by atoms with Gasteiger partial charge in [-0.05, 0) is 43.3 Å². The van der Waals surface area contributed by atoms with E-state index in [0.717, 1.165) is 18.0 Å². The number of benzene rings is 1. The van der Waals surface area contributed by atoms with Crippen LogP contribution in [0.1, 0.15) is 21.6 Å². The summed E-state index contributed by atoms with van der Waals surface area (Å²) in [7, 11) is 1.56. The van der Waals surface area contributed by atoms with Gasteiger partial charge in [0.25, 0.3) is 5.91 Å². The summed E-state index contributed by atoms with van der Waals surface area (Å²) in [6.07, 6.45) is -3.41. The standard InChI is InChI=1S/C20H16F3N5OS/c1-11-17(28-9-13(20(21,22)23)5-8-16(28)25-11)15-10-30-19(27-15)26-14-6-3-12(4-7-14)18(29)24-2/h3-10H,1-2H3,(H,24,29)(H,26,27). The predicted molar refractivity (Wildman–Crippen MR) is 109 cm³/mol. The van der Waals surface area contributed by atoms with Crippen molar-refractivity contribution in [3.63, 3.8) is 0 Å². The Morgan fingerprint density at radius 2 is 1.83 bits per heavy atom. The van der Waals surface area contributed by atoms with Gasteiger partial charge in [-0.2, -0.15) is 13.2 Å². The van der Waals surface area contributed by atoms with Crippen molar-refractivity contribution in [2.24, 2.45) is 0 Å². The third kappa shape index (κ3) is 3.73.